The second-order valence-electron chi connectivity index (χ2n) is 8.17. The van der Waals surface area contributed by atoms with Crippen molar-refractivity contribution in [3.8, 4) is 11.5 Å². The van der Waals surface area contributed by atoms with Crippen LogP contribution in [0.2, 0.25) is 0 Å². The number of ketones is 2. The fraction of sp³-hybridized carbons (Fsp3) is 0.240. The number of anilines is 1. The number of amides is 1. The third-order valence-corrected chi connectivity index (χ3v) is 7.64. The standard InChI is InChI=1S/C25H21N3O9S2/c1-36-17-8-13-19(38-24(27-13)15(29)3-5-21(31)32)7-11(17)23(35)26-12-10-20-14(9-18(12)37-2)28-25(39-20)16(30)4-6-22(33)34/h7-10H,3-6H2,1-2H3,(H,26,35)(H,31,32)(H,33,34). The molecule has 0 aliphatic carbocycles. The molecule has 12 nitrogen and oxygen atoms in total. The summed E-state index contributed by atoms with van der Waals surface area (Å²) < 4.78 is 11.9. The van der Waals surface area contributed by atoms with Crippen LogP contribution in [0.5, 0.6) is 11.5 Å². The topological polar surface area (TPSA) is 182 Å². The number of carbonyl (C=O) groups excluding carboxylic acids is 3. The number of nitrogens with one attached hydrogen (secondary N) is 1. The molecule has 0 spiro atoms. The molecule has 202 valence electrons. The molecule has 2 aromatic heterocycles. The van der Waals surface area contributed by atoms with Crippen molar-refractivity contribution < 1.29 is 43.7 Å². The highest BCUT2D eigenvalue weighted by Gasteiger charge is 2.21. The first-order chi connectivity index (χ1) is 18.6. The molecule has 3 N–H and O–H groups in total. The molecule has 0 atom stereocenters. The van der Waals surface area contributed by atoms with E-state index in [2.05, 4.69) is 15.3 Å². The molecule has 39 heavy (non-hydrogen) atoms. The fourth-order valence-electron chi connectivity index (χ4n) is 3.61. The van der Waals surface area contributed by atoms with E-state index in [4.69, 9.17) is 19.7 Å². The van der Waals surface area contributed by atoms with Crippen LogP contribution >= 0.6 is 22.7 Å². The molecule has 4 aromatic rings. The molecule has 0 aliphatic rings. The second-order valence-corrected chi connectivity index (χ2v) is 10.2. The zero-order valence-corrected chi connectivity index (χ0v) is 22.2. The van der Waals surface area contributed by atoms with Crippen LogP contribution in [0.3, 0.4) is 0 Å². The molecular formula is C25H21N3O9S2. The number of nitrogens with zero attached hydrogens (tertiary/aromatic N) is 2. The highest BCUT2D eigenvalue weighted by molar-refractivity contribution is 7.20. The van der Waals surface area contributed by atoms with Crippen molar-refractivity contribution in [3.63, 3.8) is 0 Å². The predicted molar refractivity (Wildman–Crippen MR) is 143 cm³/mol. The van der Waals surface area contributed by atoms with Crippen LogP contribution in [0.25, 0.3) is 20.4 Å². The number of hydrogen-bond donors (Lipinski definition) is 3. The maximum Gasteiger partial charge on any atom is 0.303 e. The molecule has 1 amide bonds. The van der Waals surface area contributed by atoms with Gasteiger partial charge in [0.1, 0.15) is 11.5 Å². The molecule has 0 bridgehead atoms. The van der Waals surface area contributed by atoms with Crippen LogP contribution in [0, 0.1) is 0 Å². The normalized spacial score (nSPS) is 10.9. The van der Waals surface area contributed by atoms with E-state index in [1.54, 1.807) is 12.1 Å². The average molecular weight is 572 g/mol. The molecule has 0 saturated heterocycles. The van der Waals surface area contributed by atoms with Crippen molar-refractivity contribution in [1.29, 1.82) is 0 Å². The summed E-state index contributed by atoms with van der Waals surface area (Å²) in [6, 6.07) is 6.22. The van der Waals surface area contributed by atoms with E-state index >= 15 is 0 Å². The summed E-state index contributed by atoms with van der Waals surface area (Å²) in [6.45, 7) is 0. The SMILES string of the molecule is COc1cc2nc(C(=O)CCC(=O)O)sc2cc1NC(=O)c1cc2sc(C(=O)CCC(=O)O)nc2cc1OC. The number of hydrogen-bond acceptors (Lipinski definition) is 11. The molecule has 0 unspecified atom stereocenters. The Morgan fingerprint density at radius 3 is 1.72 bits per heavy atom. The van der Waals surface area contributed by atoms with Gasteiger partial charge in [-0.25, -0.2) is 9.97 Å². The monoisotopic (exact) mass is 571 g/mol. The Bertz CT molecular complexity index is 1640. The zero-order valence-electron chi connectivity index (χ0n) is 20.6. The number of carboxylic acid groups (broad SMARTS) is 2. The number of benzene rings is 2. The number of aromatic nitrogens is 2. The number of carbonyl (C=O) groups is 5. The summed E-state index contributed by atoms with van der Waals surface area (Å²) in [6.07, 6.45) is -0.978. The number of methoxy groups -OCH3 is 2. The molecule has 0 radical (unpaired) electrons. The Morgan fingerprint density at radius 1 is 0.744 bits per heavy atom. The third kappa shape index (κ3) is 6.18. The Hall–Kier alpha value is -4.43. The number of Topliss-reactive ketones (excluding diaryl/α,β-unsaturated/α-hetero) is 2. The summed E-state index contributed by atoms with van der Waals surface area (Å²) in [4.78, 5) is 68.1. The smallest absolute Gasteiger partial charge is 0.303 e. The van der Waals surface area contributed by atoms with Gasteiger partial charge in [0, 0.05) is 25.0 Å². The lowest BCUT2D eigenvalue weighted by Crippen LogP contribution is -2.14. The molecular weight excluding hydrogens is 550 g/mol. The highest BCUT2D eigenvalue weighted by atomic mass is 32.1. The van der Waals surface area contributed by atoms with Crippen molar-refractivity contribution in [3.05, 3.63) is 39.8 Å². The quantitative estimate of drug-likeness (QED) is 0.206. The number of carboxylic acids is 2. The number of aliphatic carboxylic acids is 2. The first-order valence-electron chi connectivity index (χ1n) is 11.4. The van der Waals surface area contributed by atoms with Crippen molar-refractivity contribution in [1.82, 2.24) is 9.97 Å². The predicted octanol–water partition coefficient (Wildman–Crippen LogP) is 4.27. The second kappa shape index (κ2) is 11.5. The van der Waals surface area contributed by atoms with Crippen LogP contribution in [0.4, 0.5) is 5.69 Å². The lowest BCUT2D eigenvalue weighted by atomic mass is 10.1. The lowest BCUT2D eigenvalue weighted by Gasteiger charge is -2.12. The van der Waals surface area contributed by atoms with Gasteiger partial charge in [-0.1, -0.05) is 0 Å². The minimum atomic E-state index is -1.09. The van der Waals surface area contributed by atoms with E-state index in [9.17, 15) is 24.0 Å². The largest absolute Gasteiger partial charge is 0.496 e. The lowest BCUT2D eigenvalue weighted by molar-refractivity contribution is -0.137. The maximum absolute atomic E-state index is 13.3. The van der Waals surface area contributed by atoms with Gasteiger partial charge in [-0.15, -0.1) is 22.7 Å². The van der Waals surface area contributed by atoms with Gasteiger partial charge >= 0.3 is 11.9 Å². The molecule has 2 aromatic carbocycles. The van der Waals surface area contributed by atoms with Crippen LogP contribution in [-0.4, -0.2) is 63.8 Å². The van der Waals surface area contributed by atoms with Crippen molar-refractivity contribution in [2.24, 2.45) is 0 Å². The van der Waals surface area contributed by atoms with Crippen molar-refractivity contribution in [2.45, 2.75) is 25.7 Å². The van der Waals surface area contributed by atoms with Crippen LogP contribution in [0.15, 0.2) is 24.3 Å². The van der Waals surface area contributed by atoms with E-state index in [1.807, 2.05) is 0 Å². The molecule has 0 saturated carbocycles. The average Bonchev–Trinajstić information content (AvgIpc) is 3.52. The summed E-state index contributed by atoms with van der Waals surface area (Å²) in [7, 11) is 2.80. The van der Waals surface area contributed by atoms with E-state index < -0.39 is 29.4 Å². The van der Waals surface area contributed by atoms with Crippen molar-refractivity contribution >= 4 is 78.2 Å². The summed E-state index contributed by atoms with van der Waals surface area (Å²) in [5.74, 6) is -3.02. The minimum absolute atomic E-state index is 0.136. The van der Waals surface area contributed by atoms with E-state index in [-0.39, 0.29) is 52.8 Å². The van der Waals surface area contributed by atoms with Gasteiger partial charge in [0.2, 0.25) is 0 Å². The van der Waals surface area contributed by atoms with Gasteiger partial charge in [-0.3, -0.25) is 24.0 Å². The van der Waals surface area contributed by atoms with E-state index in [0.717, 1.165) is 22.7 Å². The Morgan fingerprint density at radius 2 is 1.23 bits per heavy atom. The first-order valence-corrected chi connectivity index (χ1v) is 13.0. The molecule has 4 rings (SSSR count). The van der Waals surface area contributed by atoms with E-state index in [0.29, 0.717) is 26.1 Å². The van der Waals surface area contributed by atoms with Gasteiger partial charge < -0.3 is 25.0 Å². The van der Waals surface area contributed by atoms with Crippen LogP contribution in [-0.2, 0) is 9.59 Å². The van der Waals surface area contributed by atoms with Gasteiger partial charge in [0.15, 0.2) is 21.6 Å². The molecule has 0 fully saturated rings. The third-order valence-electron chi connectivity index (χ3n) is 5.52. The number of thiazole rings is 2. The minimum Gasteiger partial charge on any atom is -0.496 e. The summed E-state index contributed by atoms with van der Waals surface area (Å²) >= 11 is 2.12. The molecule has 0 aliphatic heterocycles. The maximum atomic E-state index is 13.3. The first kappa shape index (κ1) is 27.6. The Labute approximate surface area is 228 Å². The molecule has 2 heterocycles. The zero-order chi connectivity index (χ0) is 28.3. The van der Waals surface area contributed by atoms with Gasteiger partial charge in [-0.2, -0.15) is 0 Å². The Kier molecular flexibility index (Phi) is 8.16. The fourth-order valence-corrected chi connectivity index (χ4v) is 5.51. The number of fused-ring (bicyclic) bond motifs is 2. The number of ether oxygens (including phenoxy) is 2. The van der Waals surface area contributed by atoms with E-state index in [1.165, 1.54) is 26.4 Å². The number of rotatable bonds is 12. The van der Waals surface area contributed by atoms with Crippen LogP contribution < -0.4 is 14.8 Å². The highest BCUT2D eigenvalue weighted by Crippen LogP contribution is 2.35. The van der Waals surface area contributed by atoms with Gasteiger partial charge in [0.05, 0.1) is 58.7 Å². The van der Waals surface area contributed by atoms with Crippen LogP contribution in [0.1, 0.15) is 55.6 Å². The van der Waals surface area contributed by atoms with Crippen molar-refractivity contribution in [2.75, 3.05) is 19.5 Å². The summed E-state index contributed by atoms with van der Waals surface area (Å²) in [5, 5.41) is 20.7. The summed E-state index contributed by atoms with van der Waals surface area (Å²) in [5.41, 5.74) is 1.35. The molecule has 14 heteroatoms. The van der Waals surface area contributed by atoms with Gasteiger partial charge in [0.25, 0.3) is 5.91 Å². The Balaban J connectivity index is 1.62. The van der Waals surface area contributed by atoms with Gasteiger partial charge in [-0.05, 0) is 12.1 Å².